The molecular formula is C8H17F2N. The van der Waals surface area contributed by atoms with Crippen LogP contribution in [-0.2, 0) is 0 Å². The number of rotatable bonds is 6. The smallest absolute Gasteiger partial charge is 0.253 e. The topological polar surface area (TPSA) is 26.0 Å². The van der Waals surface area contributed by atoms with E-state index < -0.39 is 12.5 Å². The van der Waals surface area contributed by atoms with Gasteiger partial charge in [0.25, 0.3) is 6.43 Å². The first kappa shape index (κ1) is 10.8. The molecule has 0 rings (SSSR count). The summed E-state index contributed by atoms with van der Waals surface area (Å²) in [5.74, 6) is 0. The molecule has 1 nitrogen and oxygen atoms in total. The highest BCUT2D eigenvalue weighted by atomic mass is 19.3. The zero-order valence-electron chi connectivity index (χ0n) is 7.02. The summed E-state index contributed by atoms with van der Waals surface area (Å²) in [5, 5.41) is 0. The Balaban J connectivity index is 3.10. The molecule has 0 bridgehead atoms. The largest absolute Gasteiger partial charge is 0.323 e. The summed E-state index contributed by atoms with van der Waals surface area (Å²) in [6.45, 7) is 2.09. The molecular weight excluding hydrogens is 148 g/mol. The van der Waals surface area contributed by atoms with Crippen molar-refractivity contribution in [3.05, 3.63) is 0 Å². The second-order valence-electron chi connectivity index (χ2n) is 2.85. The van der Waals surface area contributed by atoms with Crippen LogP contribution in [0.2, 0.25) is 0 Å². The van der Waals surface area contributed by atoms with Gasteiger partial charge in [-0.15, -0.1) is 0 Å². The fourth-order valence-electron chi connectivity index (χ4n) is 0.933. The fraction of sp³-hybridized carbons (Fsp3) is 1.00. The third-order valence-electron chi connectivity index (χ3n) is 1.71. The van der Waals surface area contributed by atoms with Crippen LogP contribution in [0.25, 0.3) is 0 Å². The van der Waals surface area contributed by atoms with Crippen LogP contribution in [0.15, 0.2) is 0 Å². The van der Waals surface area contributed by atoms with E-state index in [4.69, 9.17) is 5.73 Å². The predicted octanol–water partition coefficient (Wildman–Crippen LogP) is 2.55. The SMILES string of the molecule is CCCCCCC(N)C(F)F. The number of nitrogens with two attached hydrogens (primary N) is 1. The number of halogens is 2. The molecule has 3 heteroatoms. The van der Waals surface area contributed by atoms with E-state index >= 15 is 0 Å². The van der Waals surface area contributed by atoms with Crippen LogP contribution >= 0.6 is 0 Å². The van der Waals surface area contributed by atoms with E-state index in [0.717, 1.165) is 25.7 Å². The monoisotopic (exact) mass is 165 g/mol. The van der Waals surface area contributed by atoms with Gasteiger partial charge in [0.05, 0.1) is 6.04 Å². The first-order valence-corrected chi connectivity index (χ1v) is 4.22. The summed E-state index contributed by atoms with van der Waals surface area (Å²) >= 11 is 0. The second-order valence-corrected chi connectivity index (χ2v) is 2.85. The Morgan fingerprint density at radius 3 is 2.27 bits per heavy atom. The molecule has 0 aliphatic heterocycles. The van der Waals surface area contributed by atoms with Gasteiger partial charge in [0.1, 0.15) is 0 Å². The van der Waals surface area contributed by atoms with Gasteiger partial charge in [-0.25, -0.2) is 8.78 Å². The lowest BCUT2D eigenvalue weighted by molar-refractivity contribution is 0.111. The van der Waals surface area contributed by atoms with E-state index in [-0.39, 0.29) is 0 Å². The molecule has 0 aliphatic carbocycles. The summed E-state index contributed by atoms with van der Waals surface area (Å²) in [5.41, 5.74) is 5.15. The zero-order valence-corrected chi connectivity index (χ0v) is 7.02. The predicted molar refractivity (Wildman–Crippen MR) is 42.7 cm³/mol. The Labute approximate surface area is 67.0 Å². The summed E-state index contributed by atoms with van der Waals surface area (Å²) in [6.07, 6.45) is 2.21. The standard InChI is InChI=1S/C8H17F2N/c1-2-3-4-5-6-7(11)8(9)10/h7-8H,2-6,11H2,1H3. The van der Waals surface area contributed by atoms with Crippen LogP contribution in [0.3, 0.4) is 0 Å². The van der Waals surface area contributed by atoms with Crippen LogP contribution in [0.4, 0.5) is 8.78 Å². The lowest BCUT2D eigenvalue weighted by Crippen LogP contribution is -2.28. The highest BCUT2D eigenvalue weighted by molar-refractivity contribution is 4.62. The maximum absolute atomic E-state index is 11.8. The Morgan fingerprint density at radius 1 is 1.18 bits per heavy atom. The van der Waals surface area contributed by atoms with Crippen molar-refractivity contribution in [2.45, 2.75) is 51.5 Å². The average molecular weight is 165 g/mol. The fourth-order valence-corrected chi connectivity index (χ4v) is 0.933. The maximum Gasteiger partial charge on any atom is 0.253 e. The molecule has 2 N–H and O–H groups in total. The molecule has 0 aromatic heterocycles. The lowest BCUT2D eigenvalue weighted by Gasteiger charge is -2.08. The summed E-state index contributed by atoms with van der Waals surface area (Å²) in [6, 6.07) is -0.910. The van der Waals surface area contributed by atoms with Gasteiger partial charge < -0.3 is 5.73 Å². The van der Waals surface area contributed by atoms with Gasteiger partial charge in [-0.05, 0) is 6.42 Å². The normalized spacial score (nSPS) is 13.9. The Hall–Kier alpha value is -0.180. The molecule has 1 atom stereocenters. The minimum Gasteiger partial charge on any atom is -0.323 e. The third-order valence-corrected chi connectivity index (χ3v) is 1.71. The van der Waals surface area contributed by atoms with Gasteiger partial charge in [0, 0.05) is 0 Å². The van der Waals surface area contributed by atoms with Crippen molar-refractivity contribution >= 4 is 0 Å². The quantitative estimate of drug-likeness (QED) is 0.601. The number of alkyl halides is 2. The summed E-state index contributed by atoms with van der Waals surface area (Å²) < 4.78 is 23.6. The highest BCUT2D eigenvalue weighted by Gasteiger charge is 2.13. The third kappa shape index (κ3) is 6.23. The molecule has 0 saturated carbocycles. The summed E-state index contributed by atoms with van der Waals surface area (Å²) in [4.78, 5) is 0. The zero-order chi connectivity index (χ0) is 8.69. The minimum absolute atomic E-state index is 0.456. The Bertz CT molecular complexity index is 86.2. The number of hydrogen-bond donors (Lipinski definition) is 1. The van der Waals surface area contributed by atoms with Crippen molar-refractivity contribution in [2.24, 2.45) is 5.73 Å². The number of unbranched alkanes of at least 4 members (excludes halogenated alkanes) is 3. The molecule has 11 heavy (non-hydrogen) atoms. The van der Waals surface area contributed by atoms with E-state index in [1.54, 1.807) is 0 Å². The molecule has 68 valence electrons. The molecule has 0 fully saturated rings. The first-order valence-electron chi connectivity index (χ1n) is 4.22. The van der Waals surface area contributed by atoms with Crippen molar-refractivity contribution < 1.29 is 8.78 Å². The van der Waals surface area contributed by atoms with Crippen molar-refractivity contribution in [1.29, 1.82) is 0 Å². The number of hydrogen-bond acceptors (Lipinski definition) is 1. The van der Waals surface area contributed by atoms with Crippen molar-refractivity contribution in [3.63, 3.8) is 0 Å². The van der Waals surface area contributed by atoms with Crippen molar-refractivity contribution in [3.8, 4) is 0 Å². The molecule has 0 spiro atoms. The minimum atomic E-state index is -2.35. The average Bonchev–Trinajstić information content (AvgIpc) is 1.97. The van der Waals surface area contributed by atoms with E-state index in [1.165, 1.54) is 0 Å². The van der Waals surface area contributed by atoms with Crippen molar-refractivity contribution in [1.82, 2.24) is 0 Å². The van der Waals surface area contributed by atoms with Crippen molar-refractivity contribution in [2.75, 3.05) is 0 Å². The Kier molecular flexibility index (Phi) is 6.42. The lowest BCUT2D eigenvalue weighted by atomic mass is 10.1. The van der Waals surface area contributed by atoms with Crippen LogP contribution in [0.1, 0.15) is 39.0 Å². The van der Waals surface area contributed by atoms with Crippen LogP contribution in [0.5, 0.6) is 0 Å². The van der Waals surface area contributed by atoms with Gasteiger partial charge in [-0.1, -0.05) is 32.6 Å². The maximum atomic E-state index is 11.8. The van der Waals surface area contributed by atoms with Gasteiger partial charge in [0.15, 0.2) is 0 Å². The first-order chi connectivity index (χ1) is 5.18. The molecule has 0 aromatic rings. The van der Waals surface area contributed by atoms with Gasteiger partial charge in [-0.3, -0.25) is 0 Å². The molecule has 1 unspecified atom stereocenters. The molecule has 0 radical (unpaired) electrons. The molecule has 0 amide bonds. The molecule has 0 aromatic carbocycles. The molecule has 0 aliphatic rings. The Morgan fingerprint density at radius 2 is 1.82 bits per heavy atom. The highest BCUT2D eigenvalue weighted by Crippen LogP contribution is 2.08. The van der Waals surface area contributed by atoms with Crippen LogP contribution < -0.4 is 5.73 Å². The van der Waals surface area contributed by atoms with E-state index in [1.807, 2.05) is 0 Å². The van der Waals surface area contributed by atoms with E-state index in [9.17, 15) is 8.78 Å². The molecule has 0 saturated heterocycles. The van der Waals surface area contributed by atoms with Crippen LogP contribution in [-0.4, -0.2) is 12.5 Å². The van der Waals surface area contributed by atoms with Gasteiger partial charge >= 0.3 is 0 Å². The van der Waals surface area contributed by atoms with Gasteiger partial charge in [-0.2, -0.15) is 0 Å². The van der Waals surface area contributed by atoms with Gasteiger partial charge in [0.2, 0.25) is 0 Å². The van der Waals surface area contributed by atoms with E-state index in [2.05, 4.69) is 6.92 Å². The molecule has 0 heterocycles. The summed E-state index contributed by atoms with van der Waals surface area (Å²) in [7, 11) is 0. The van der Waals surface area contributed by atoms with Crippen LogP contribution in [0, 0.1) is 0 Å². The van der Waals surface area contributed by atoms with E-state index in [0.29, 0.717) is 6.42 Å². The second kappa shape index (κ2) is 6.53.